The summed E-state index contributed by atoms with van der Waals surface area (Å²) in [6, 6.07) is 26.6. The maximum absolute atomic E-state index is 12.5. The lowest BCUT2D eigenvalue weighted by Gasteiger charge is -2.11. The van der Waals surface area contributed by atoms with Crippen molar-refractivity contribution in [2.75, 3.05) is 20.1 Å². The van der Waals surface area contributed by atoms with E-state index in [1.165, 1.54) is 0 Å². The third-order valence-electron chi connectivity index (χ3n) is 5.79. The second kappa shape index (κ2) is 12.2. The molecule has 0 bridgehead atoms. The zero-order chi connectivity index (χ0) is 28.8. The van der Waals surface area contributed by atoms with Crippen molar-refractivity contribution in [3.63, 3.8) is 0 Å². The molecule has 0 aliphatic carbocycles. The van der Waals surface area contributed by atoms with E-state index >= 15 is 0 Å². The van der Waals surface area contributed by atoms with Gasteiger partial charge in [-0.2, -0.15) is 0 Å². The normalized spacial score (nSPS) is 11.4. The number of benzene rings is 4. The van der Waals surface area contributed by atoms with Crippen LogP contribution in [0.5, 0.6) is 0 Å². The number of anilines is 4. The van der Waals surface area contributed by atoms with Gasteiger partial charge in [-0.1, -0.05) is 59.7 Å². The Morgan fingerprint density at radius 1 is 0.500 bits per heavy atom. The molecular formula is C29H30N4O5S2. The van der Waals surface area contributed by atoms with Crippen molar-refractivity contribution < 1.29 is 21.6 Å². The molecule has 0 saturated carbocycles. The number of carbonyl (C=O) groups is 1. The number of nitrogens with one attached hydrogen (secondary N) is 4. The van der Waals surface area contributed by atoms with Crippen LogP contribution in [0.4, 0.5) is 27.5 Å². The molecule has 0 unspecified atom stereocenters. The monoisotopic (exact) mass is 578 g/mol. The van der Waals surface area contributed by atoms with E-state index in [9.17, 15) is 21.6 Å². The van der Waals surface area contributed by atoms with Gasteiger partial charge in [0.2, 0.25) is 20.0 Å². The average Bonchev–Trinajstić information content (AvgIpc) is 2.88. The van der Waals surface area contributed by atoms with Crippen molar-refractivity contribution >= 4 is 48.8 Å². The summed E-state index contributed by atoms with van der Waals surface area (Å²) in [5.41, 5.74) is 5.13. The first-order valence-electron chi connectivity index (χ1n) is 12.3. The van der Waals surface area contributed by atoms with Crippen LogP contribution in [0, 0.1) is 13.8 Å². The molecule has 9 nitrogen and oxygen atoms in total. The van der Waals surface area contributed by atoms with Gasteiger partial charge in [0.05, 0.1) is 11.5 Å². The lowest BCUT2D eigenvalue weighted by atomic mass is 10.2. The first-order valence-corrected chi connectivity index (χ1v) is 15.7. The van der Waals surface area contributed by atoms with Gasteiger partial charge in [-0.25, -0.2) is 21.6 Å². The third-order valence-corrected chi connectivity index (χ3v) is 8.31. The maximum atomic E-state index is 12.5. The van der Waals surface area contributed by atoms with Crippen molar-refractivity contribution in [2.24, 2.45) is 0 Å². The SMILES string of the molecule is Cc1ccc(CS(=O)(=O)Nc2ccc(NC(=O)Nc3ccc(NS(=O)(=O)Cc4ccc(C)cc4)cc3)cc2)cc1. The Hall–Kier alpha value is -4.35. The summed E-state index contributed by atoms with van der Waals surface area (Å²) in [7, 11) is -7.20. The maximum Gasteiger partial charge on any atom is 0.323 e. The van der Waals surface area contributed by atoms with E-state index in [0.29, 0.717) is 33.9 Å². The first-order chi connectivity index (χ1) is 18.9. The van der Waals surface area contributed by atoms with E-state index in [1.807, 2.05) is 38.1 Å². The molecule has 2 amide bonds. The third kappa shape index (κ3) is 8.85. The molecule has 0 radical (unpaired) electrons. The van der Waals surface area contributed by atoms with Crippen LogP contribution >= 0.6 is 0 Å². The summed E-state index contributed by atoms with van der Waals surface area (Å²) in [5.74, 6) is -0.300. The van der Waals surface area contributed by atoms with E-state index in [2.05, 4.69) is 20.1 Å². The molecule has 0 aromatic heterocycles. The molecule has 4 aromatic rings. The summed E-state index contributed by atoms with van der Waals surface area (Å²) in [6.45, 7) is 3.87. The van der Waals surface area contributed by atoms with Gasteiger partial charge >= 0.3 is 6.03 Å². The molecular weight excluding hydrogens is 548 g/mol. The minimum absolute atomic E-state index is 0.150. The van der Waals surface area contributed by atoms with Gasteiger partial charge in [-0.3, -0.25) is 9.44 Å². The molecule has 0 fully saturated rings. The number of rotatable bonds is 10. The number of hydrogen-bond acceptors (Lipinski definition) is 5. The smallest absolute Gasteiger partial charge is 0.308 e. The summed E-state index contributed by atoms with van der Waals surface area (Å²) in [5, 5.41) is 5.34. The Morgan fingerprint density at radius 2 is 0.800 bits per heavy atom. The van der Waals surface area contributed by atoms with Crippen molar-refractivity contribution in [3.8, 4) is 0 Å². The standard InChI is InChI=1S/C29H30N4O5S2/c1-21-3-7-23(8-4-21)19-39(35,36)32-27-15-11-25(12-16-27)30-29(34)31-26-13-17-28(18-14-26)33-40(37,38)20-24-9-5-22(2)6-10-24/h3-18,32-33H,19-20H2,1-2H3,(H2,30,31,34). The van der Waals surface area contributed by atoms with Crippen LogP contribution in [0.3, 0.4) is 0 Å². The number of aryl methyl sites for hydroxylation is 2. The summed E-state index contributed by atoms with van der Waals surface area (Å²) >= 11 is 0. The van der Waals surface area contributed by atoms with Crippen molar-refractivity contribution in [3.05, 3.63) is 119 Å². The predicted molar refractivity (Wildman–Crippen MR) is 160 cm³/mol. The highest BCUT2D eigenvalue weighted by atomic mass is 32.2. The van der Waals surface area contributed by atoms with Crippen LogP contribution in [-0.2, 0) is 31.6 Å². The lowest BCUT2D eigenvalue weighted by molar-refractivity contribution is 0.262. The van der Waals surface area contributed by atoms with Gasteiger partial charge in [-0.15, -0.1) is 0 Å². The quantitative estimate of drug-likeness (QED) is 0.188. The molecule has 4 aromatic carbocycles. The van der Waals surface area contributed by atoms with E-state index in [0.717, 1.165) is 11.1 Å². The van der Waals surface area contributed by atoms with Gasteiger partial charge in [0.25, 0.3) is 0 Å². The molecule has 11 heteroatoms. The Labute approximate surface area is 234 Å². The highest BCUT2D eigenvalue weighted by Gasteiger charge is 2.13. The molecule has 0 atom stereocenters. The molecule has 40 heavy (non-hydrogen) atoms. The first kappa shape index (κ1) is 28.7. The van der Waals surface area contributed by atoms with Crippen molar-refractivity contribution in [1.82, 2.24) is 0 Å². The number of sulfonamides is 2. The van der Waals surface area contributed by atoms with Crippen molar-refractivity contribution in [2.45, 2.75) is 25.4 Å². The average molecular weight is 579 g/mol. The lowest BCUT2D eigenvalue weighted by Crippen LogP contribution is -2.19. The fourth-order valence-corrected chi connectivity index (χ4v) is 6.17. The summed E-state index contributed by atoms with van der Waals surface area (Å²) < 4.78 is 55.0. The van der Waals surface area contributed by atoms with Gasteiger partial charge in [0.1, 0.15) is 0 Å². The molecule has 208 valence electrons. The number of amides is 2. The zero-order valence-corrected chi connectivity index (χ0v) is 23.6. The van der Waals surface area contributed by atoms with Crippen LogP contribution < -0.4 is 20.1 Å². The molecule has 0 spiro atoms. The molecule has 0 aliphatic rings. The molecule has 0 aliphatic heterocycles. The van der Waals surface area contributed by atoms with E-state index < -0.39 is 26.1 Å². The van der Waals surface area contributed by atoms with Gasteiger partial charge in [-0.05, 0) is 73.5 Å². The van der Waals surface area contributed by atoms with Crippen LogP contribution in [0.2, 0.25) is 0 Å². The van der Waals surface area contributed by atoms with Crippen LogP contribution in [0.25, 0.3) is 0 Å². The zero-order valence-electron chi connectivity index (χ0n) is 22.0. The minimum Gasteiger partial charge on any atom is -0.308 e. The van der Waals surface area contributed by atoms with Crippen molar-refractivity contribution in [1.29, 1.82) is 0 Å². The van der Waals surface area contributed by atoms with Crippen LogP contribution in [0.1, 0.15) is 22.3 Å². The van der Waals surface area contributed by atoms with Gasteiger partial charge in [0.15, 0.2) is 0 Å². The minimum atomic E-state index is -3.60. The Kier molecular flexibility index (Phi) is 8.76. The Bertz CT molecular complexity index is 1540. The fraction of sp³-hybridized carbons (Fsp3) is 0.138. The highest BCUT2D eigenvalue weighted by Crippen LogP contribution is 2.19. The van der Waals surface area contributed by atoms with Gasteiger partial charge < -0.3 is 10.6 Å². The van der Waals surface area contributed by atoms with E-state index in [-0.39, 0.29) is 11.5 Å². The van der Waals surface area contributed by atoms with Crippen LogP contribution in [0.15, 0.2) is 97.1 Å². The molecule has 4 rings (SSSR count). The Morgan fingerprint density at radius 3 is 1.12 bits per heavy atom. The number of urea groups is 1. The largest absolute Gasteiger partial charge is 0.323 e. The van der Waals surface area contributed by atoms with Crippen LogP contribution in [-0.4, -0.2) is 22.9 Å². The predicted octanol–water partition coefficient (Wildman–Crippen LogP) is 5.83. The summed E-state index contributed by atoms with van der Waals surface area (Å²) in [6.07, 6.45) is 0. The molecule has 0 saturated heterocycles. The second-order valence-electron chi connectivity index (χ2n) is 9.43. The van der Waals surface area contributed by atoms with Gasteiger partial charge in [0, 0.05) is 22.7 Å². The fourth-order valence-electron chi connectivity index (χ4n) is 3.78. The molecule has 0 heterocycles. The number of carbonyl (C=O) groups excluding carboxylic acids is 1. The Balaban J connectivity index is 1.27. The highest BCUT2D eigenvalue weighted by molar-refractivity contribution is 7.92. The van der Waals surface area contributed by atoms with E-state index in [1.54, 1.807) is 72.8 Å². The molecule has 4 N–H and O–H groups in total. The van der Waals surface area contributed by atoms with E-state index in [4.69, 9.17) is 0 Å². The second-order valence-corrected chi connectivity index (χ2v) is 12.9. The topological polar surface area (TPSA) is 133 Å². The number of hydrogen-bond donors (Lipinski definition) is 4. The summed E-state index contributed by atoms with van der Waals surface area (Å²) in [4.78, 5) is 12.4.